The molecule has 0 atom stereocenters. The number of likely N-dealkylation sites (N-methyl/N-ethyl adjacent to an activating group) is 1. The van der Waals surface area contributed by atoms with Gasteiger partial charge < -0.3 is 0 Å². The van der Waals surface area contributed by atoms with Crippen LogP contribution in [0.1, 0.15) is 0 Å². The Balaban J connectivity index is 1.56. The smallest absolute Gasteiger partial charge is 0.252 e. The lowest BCUT2D eigenvalue weighted by Crippen LogP contribution is -2.51. The van der Waals surface area contributed by atoms with Crippen LogP contribution in [-0.4, -0.2) is 68.3 Å². The highest BCUT2D eigenvalue weighted by atomic mass is 79.9. The van der Waals surface area contributed by atoms with Crippen LogP contribution in [0.2, 0.25) is 0 Å². The minimum absolute atomic E-state index is 0.0477. The Hall–Kier alpha value is -0.850. The van der Waals surface area contributed by atoms with Crippen molar-refractivity contribution in [1.82, 2.24) is 14.2 Å². The second-order valence-corrected chi connectivity index (χ2v) is 11.0. The molecule has 1 fully saturated rings. The first-order chi connectivity index (χ1) is 11.9. The molecule has 1 aliphatic rings. The SMILES string of the molecule is CN(C(=O)CN1CCN(S(=O)(=O)c2ccc(Br)s2)CC1)c1nccs1. The number of rotatable bonds is 5. The van der Waals surface area contributed by atoms with Crippen LogP contribution >= 0.6 is 38.6 Å². The van der Waals surface area contributed by atoms with Gasteiger partial charge in [-0.2, -0.15) is 4.31 Å². The van der Waals surface area contributed by atoms with Gasteiger partial charge in [0.1, 0.15) is 4.21 Å². The van der Waals surface area contributed by atoms with Gasteiger partial charge in [-0.05, 0) is 28.1 Å². The number of amides is 1. The van der Waals surface area contributed by atoms with E-state index in [1.165, 1.54) is 31.9 Å². The van der Waals surface area contributed by atoms with E-state index < -0.39 is 10.0 Å². The fraction of sp³-hybridized carbons (Fsp3) is 0.429. The summed E-state index contributed by atoms with van der Waals surface area (Å²) in [4.78, 5) is 20.0. The molecule has 1 aliphatic heterocycles. The number of thiophene rings is 1. The fourth-order valence-corrected chi connectivity index (χ4v) is 6.69. The van der Waals surface area contributed by atoms with Crippen LogP contribution in [0, 0.1) is 0 Å². The zero-order chi connectivity index (χ0) is 18.0. The Labute approximate surface area is 163 Å². The van der Waals surface area contributed by atoms with E-state index in [9.17, 15) is 13.2 Å². The standard InChI is InChI=1S/C14H17BrN4O3S3/c1-17(14-16-4-9-23-14)12(20)10-18-5-7-19(8-6-18)25(21,22)13-3-2-11(15)24-13/h2-4,9H,5-8,10H2,1H3. The molecule has 0 spiro atoms. The van der Waals surface area contributed by atoms with Crippen molar-refractivity contribution in [2.75, 3.05) is 44.7 Å². The number of halogens is 1. The van der Waals surface area contributed by atoms with Gasteiger partial charge in [0.05, 0.1) is 10.3 Å². The van der Waals surface area contributed by atoms with Crippen LogP contribution in [0.15, 0.2) is 31.7 Å². The summed E-state index contributed by atoms with van der Waals surface area (Å²) in [6.45, 7) is 2.08. The van der Waals surface area contributed by atoms with Crippen molar-refractivity contribution < 1.29 is 13.2 Å². The number of sulfonamides is 1. The number of hydrogen-bond acceptors (Lipinski definition) is 7. The van der Waals surface area contributed by atoms with Gasteiger partial charge in [-0.3, -0.25) is 14.6 Å². The number of hydrogen-bond donors (Lipinski definition) is 0. The molecule has 3 rings (SSSR count). The van der Waals surface area contributed by atoms with Gasteiger partial charge in [-0.25, -0.2) is 13.4 Å². The second kappa shape index (κ2) is 7.80. The lowest BCUT2D eigenvalue weighted by Gasteiger charge is -2.33. The molecular formula is C14H17BrN4O3S3. The molecule has 11 heteroatoms. The highest BCUT2D eigenvalue weighted by molar-refractivity contribution is 9.11. The van der Waals surface area contributed by atoms with Crippen LogP contribution in [0.3, 0.4) is 0 Å². The normalized spacial score (nSPS) is 16.9. The van der Waals surface area contributed by atoms with Crippen LogP contribution in [-0.2, 0) is 14.8 Å². The minimum Gasteiger partial charge on any atom is -0.292 e. The van der Waals surface area contributed by atoms with Crippen LogP contribution in [0.5, 0.6) is 0 Å². The van der Waals surface area contributed by atoms with E-state index >= 15 is 0 Å². The van der Waals surface area contributed by atoms with Crippen LogP contribution < -0.4 is 4.90 Å². The molecule has 1 saturated heterocycles. The first-order valence-corrected chi connectivity index (χ1v) is 11.4. The van der Waals surface area contributed by atoms with E-state index in [-0.39, 0.29) is 12.5 Å². The minimum atomic E-state index is -3.45. The molecule has 2 aromatic heterocycles. The molecule has 7 nitrogen and oxygen atoms in total. The van der Waals surface area contributed by atoms with Crippen molar-refractivity contribution in [3.05, 3.63) is 27.5 Å². The Morgan fingerprint density at radius 1 is 1.32 bits per heavy atom. The summed E-state index contributed by atoms with van der Waals surface area (Å²) in [5.41, 5.74) is 0. The molecule has 0 radical (unpaired) electrons. The topological polar surface area (TPSA) is 73.8 Å². The Bertz CT molecular complexity index is 829. The van der Waals surface area contributed by atoms with Crippen molar-refractivity contribution in [3.63, 3.8) is 0 Å². The monoisotopic (exact) mass is 464 g/mol. The summed E-state index contributed by atoms with van der Waals surface area (Å²) >= 11 is 5.92. The number of thiazole rings is 1. The quantitative estimate of drug-likeness (QED) is 0.675. The van der Waals surface area contributed by atoms with Gasteiger partial charge >= 0.3 is 0 Å². The highest BCUT2D eigenvalue weighted by Crippen LogP contribution is 2.29. The average Bonchev–Trinajstić information content (AvgIpc) is 3.26. The summed E-state index contributed by atoms with van der Waals surface area (Å²) in [6.07, 6.45) is 1.66. The number of anilines is 1. The summed E-state index contributed by atoms with van der Waals surface area (Å²) in [7, 11) is -1.75. The van der Waals surface area contributed by atoms with Gasteiger partial charge in [0.25, 0.3) is 10.0 Å². The molecule has 3 heterocycles. The van der Waals surface area contributed by atoms with Crippen molar-refractivity contribution in [1.29, 1.82) is 0 Å². The largest absolute Gasteiger partial charge is 0.292 e. The molecule has 0 unspecified atom stereocenters. The first kappa shape index (κ1) is 18.9. The number of carbonyl (C=O) groups is 1. The third-order valence-corrected chi connectivity index (χ3v) is 8.75. The van der Waals surface area contributed by atoms with Gasteiger partial charge in [-0.15, -0.1) is 22.7 Å². The molecule has 1 amide bonds. The molecule has 25 heavy (non-hydrogen) atoms. The van der Waals surface area contributed by atoms with Crippen molar-refractivity contribution in [2.24, 2.45) is 0 Å². The zero-order valence-electron chi connectivity index (χ0n) is 13.5. The maximum atomic E-state index is 12.6. The molecule has 0 saturated carbocycles. The summed E-state index contributed by atoms with van der Waals surface area (Å²) in [5, 5.41) is 2.49. The van der Waals surface area contributed by atoms with E-state index in [2.05, 4.69) is 20.9 Å². The maximum absolute atomic E-state index is 12.6. The predicted molar refractivity (Wildman–Crippen MR) is 103 cm³/mol. The van der Waals surface area contributed by atoms with E-state index in [1.54, 1.807) is 25.4 Å². The number of piperazine rings is 1. The molecule has 0 aromatic carbocycles. The maximum Gasteiger partial charge on any atom is 0.252 e. The molecule has 2 aromatic rings. The van der Waals surface area contributed by atoms with E-state index in [0.717, 1.165) is 3.79 Å². The van der Waals surface area contributed by atoms with Crippen LogP contribution in [0.25, 0.3) is 0 Å². The first-order valence-electron chi connectivity index (χ1n) is 7.52. The highest BCUT2D eigenvalue weighted by Gasteiger charge is 2.30. The molecule has 136 valence electrons. The Kier molecular flexibility index (Phi) is 5.91. The zero-order valence-corrected chi connectivity index (χ0v) is 17.5. The summed E-state index contributed by atoms with van der Waals surface area (Å²) < 4.78 is 27.8. The van der Waals surface area contributed by atoms with Crippen molar-refractivity contribution in [2.45, 2.75) is 4.21 Å². The van der Waals surface area contributed by atoms with Crippen molar-refractivity contribution in [3.8, 4) is 0 Å². The lowest BCUT2D eigenvalue weighted by molar-refractivity contribution is -0.119. The molecule has 0 aliphatic carbocycles. The van der Waals surface area contributed by atoms with Gasteiger partial charge in [0.15, 0.2) is 5.13 Å². The van der Waals surface area contributed by atoms with Gasteiger partial charge in [0.2, 0.25) is 5.91 Å². The van der Waals surface area contributed by atoms with Gasteiger partial charge in [0, 0.05) is 44.8 Å². The molecular weight excluding hydrogens is 448 g/mol. The number of aromatic nitrogens is 1. The average molecular weight is 465 g/mol. The predicted octanol–water partition coefficient (Wildman–Crippen LogP) is 1.94. The number of carbonyl (C=O) groups excluding carboxylic acids is 1. The summed E-state index contributed by atoms with van der Waals surface area (Å²) in [6, 6.07) is 3.35. The van der Waals surface area contributed by atoms with E-state index in [0.29, 0.717) is 35.5 Å². The Morgan fingerprint density at radius 3 is 2.60 bits per heavy atom. The molecule has 0 bridgehead atoms. The Morgan fingerprint density at radius 2 is 2.04 bits per heavy atom. The van der Waals surface area contributed by atoms with E-state index in [1.807, 2.05) is 10.3 Å². The fourth-order valence-electron chi connectivity index (χ4n) is 2.48. The van der Waals surface area contributed by atoms with Crippen LogP contribution in [0.4, 0.5) is 5.13 Å². The lowest BCUT2D eigenvalue weighted by atomic mass is 10.3. The van der Waals surface area contributed by atoms with E-state index in [4.69, 9.17) is 0 Å². The number of nitrogens with zero attached hydrogens (tertiary/aromatic N) is 4. The van der Waals surface area contributed by atoms with Gasteiger partial charge in [-0.1, -0.05) is 0 Å². The summed E-state index contributed by atoms with van der Waals surface area (Å²) in [5.74, 6) is -0.0477. The van der Waals surface area contributed by atoms with Crippen molar-refractivity contribution >= 4 is 59.7 Å². The second-order valence-electron chi connectivity index (χ2n) is 5.51. The third-order valence-electron chi connectivity index (χ3n) is 3.91. The third kappa shape index (κ3) is 4.29. The molecule has 0 N–H and O–H groups in total.